The van der Waals surface area contributed by atoms with Crippen LogP contribution in [0.25, 0.3) is 11.4 Å². The second kappa shape index (κ2) is 6.96. The Kier molecular flexibility index (Phi) is 4.56. The van der Waals surface area contributed by atoms with Crippen molar-refractivity contribution in [3.05, 3.63) is 76.6 Å². The highest BCUT2D eigenvalue weighted by atomic mass is 16.6. The summed E-state index contributed by atoms with van der Waals surface area (Å²) in [6, 6.07) is 13.9. The van der Waals surface area contributed by atoms with Gasteiger partial charge >= 0.3 is 0 Å². The fraction of sp³-hybridized carbons (Fsp3) is 0.111. The van der Waals surface area contributed by atoms with Gasteiger partial charge in [-0.15, -0.1) is 0 Å². The summed E-state index contributed by atoms with van der Waals surface area (Å²) >= 11 is 0. The van der Waals surface area contributed by atoms with Gasteiger partial charge in [0.25, 0.3) is 5.69 Å². The summed E-state index contributed by atoms with van der Waals surface area (Å²) in [6.45, 7) is 1.80. The fourth-order valence-electron chi connectivity index (χ4n) is 2.61. The molecule has 7 nitrogen and oxygen atoms in total. The summed E-state index contributed by atoms with van der Waals surface area (Å²) < 4.78 is 1.86. The van der Waals surface area contributed by atoms with Crippen LogP contribution in [-0.2, 0) is 11.3 Å². The Morgan fingerprint density at radius 3 is 2.60 bits per heavy atom. The molecule has 0 aliphatic carbocycles. The molecular formula is C18H16N4O3. The molecule has 0 unspecified atom stereocenters. The van der Waals surface area contributed by atoms with Crippen LogP contribution in [0.5, 0.6) is 0 Å². The molecule has 0 saturated heterocycles. The van der Waals surface area contributed by atoms with Crippen molar-refractivity contribution in [3.8, 4) is 11.4 Å². The van der Waals surface area contributed by atoms with E-state index in [4.69, 9.17) is 0 Å². The Morgan fingerprint density at radius 1 is 1.20 bits per heavy atom. The second-order valence-corrected chi connectivity index (χ2v) is 5.52. The molecule has 0 bridgehead atoms. The Labute approximate surface area is 144 Å². The summed E-state index contributed by atoms with van der Waals surface area (Å²) in [5.41, 5.74) is 2.26. The maximum Gasteiger partial charge on any atom is 0.274 e. The number of amides is 1. The summed E-state index contributed by atoms with van der Waals surface area (Å²) in [4.78, 5) is 26.2. The molecule has 1 amide bonds. The highest BCUT2D eigenvalue weighted by Gasteiger charge is 2.14. The van der Waals surface area contributed by atoms with E-state index in [9.17, 15) is 14.9 Å². The van der Waals surface area contributed by atoms with Crippen LogP contribution < -0.4 is 5.32 Å². The first kappa shape index (κ1) is 16.4. The highest BCUT2D eigenvalue weighted by molar-refractivity contribution is 5.88. The molecule has 1 heterocycles. The van der Waals surface area contributed by atoms with Crippen LogP contribution in [0.2, 0.25) is 0 Å². The van der Waals surface area contributed by atoms with E-state index < -0.39 is 0 Å². The lowest BCUT2D eigenvalue weighted by molar-refractivity contribution is -0.385. The summed E-state index contributed by atoms with van der Waals surface area (Å²) in [6.07, 6.45) is 3.44. The monoisotopic (exact) mass is 336 g/mol. The average molecular weight is 336 g/mol. The van der Waals surface area contributed by atoms with Gasteiger partial charge in [-0.2, -0.15) is 0 Å². The number of hydrogen-bond acceptors (Lipinski definition) is 4. The van der Waals surface area contributed by atoms with Gasteiger partial charge in [0.2, 0.25) is 5.91 Å². The standard InChI is InChI=1S/C18H16N4O3/c1-13(23)20-16-8-6-14(7-9-16)18-19-10-11-21(18)12-15-4-2-3-5-17(15)22(24)25/h2-11H,12H2,1H3,(H,20,23). The number of rotatable bonds is 5. The minimum Gasteiger partial charge on any atom is -0.326 e. The molecule has 0 aliphatic rings. The van der Waals surface area contributed by atoms with Crippen molar-refractivity contribution in [1.29, 1.82) is 0 Å². The molecule has 0 spiro atoms. The van der Waals surface area contributed by atoms with E-state index in [0.29, 0.717) is 23.6 Å². The maximum absolute atomic E-state index is 11.2. The van der Waals surface area contributed by atoms with Crippen molar-refractivity contribution in [2.75, 3.05) is 5.32 Å². The van der Waals surface area contributed by atoms with Crippen LogP contribution in [0.15, 0.2) is 60.9 Å². The molecule has 126 valence electrons. The first-order valence-electron chi connectivity index (χ1n) is 7.66. The summed E-state index contributed by atoms with van der Waals surface area (Å²) in [5.74, 6) is 0.568. The van der Waals surface area contributed by atoms with Gasteiger partial charge in [-0.25, -0.2) is 4.98 Å². The van der Waals surface area contributed by atoms with Gasteiger partial charge in [0.15, 0.2) is 0 Å². The number of carbonyl (C=O) groups is 1. The molecule has 25 heavy (non-hydrogen) atoms. The molecule has 0 saturated carbocycles. The number of carbonyl (C=O) groups excluding carboxylic acids is 1. The molecule has 1 aromatic heterocycles. The number of benzene rings is 2. The quantitative estimate of drug-likeness (QED) is 0.570. The third-order valence-corrected chi connectivity index (χ3v) is 3.71. The zero-order valence-corrected chi connectivity index (χ0v) is 13.5. The smallest absolute Gasteiger partial charge is 0.274 e. The highest BCUT2D eigenvalue weighted by Crippen LogP contribution is 2.24. The fourth-order valence-corrected chi connectivity index (χ4v) is 2.61. The van der Waals surface area contributed by atoms with Gasteiger partial charge in [0.05, 0.1) is 11.5 Å². The molecule has 0 aliphatic heterocycles. The summed E-state index contributed by atoms with van der Waals surface area (Å²) in [7, 11) is 0. The first-order chi connectivity index (χ1) is 12.0. The Balaban J connectivity index is 1.89. The predicted octanol–water partition coefficient (Wildman–Crippen LogP) is 3.47. The largest absolute Gasteiger partial charge is 0.326 e. The molecule has 1 N–H and O–H groups in total. The summed E-state index contributed by atoms with van der Waals surface area (Å²) in [5, 5.41) is 13.9. The van der Waals surface area contributed by atoms with Crippen molar-refractivity contribution in [2.24, 2.45) is 0 Å². The molecule has 0 radical (unpaired) electrons. The molecular weight excluding hydrogens is 320 g/mol. The van der Waals surface area contributed by atoms with Crippen LogP contribution in [-0.4, -0.2) is 20.4 Å². The van der Waals surface area contributed by atoms with Gasteiger partial charge in [-0.3, -0.25) is 14.9 Å². The van der Waals surface area contributed by atoms with E-state index in [2.05, 4.69) is 10.3 Å². The number of imidazole rings is 1. The number of anilines is 1. The molecule has 0 fully saturated rings. The lowest BCUT2D eigenvalue weighted by Crippen LogP contribution is -2.06. The van der Waals surface area contributed by atoms with Gasteiger partial charge in [0.1, 0.15) is 5.82 Å². The SMILES string of the molecule is CC(=O)Nc1ccc(-c2nccn2Cc2ccccc2[N+](=O)[O-])cc1. The van der Waals surface area contributed by atoms with Crippen LogP contribution in [0, 0.1) is 10.1 Å². The number of hydrogen-bond donors (Lipinski definition) is 1. The number of nitro benzene ring substituents is 1. The number of nitro groups is 1. The van der Waals surface area contributed by atoms with Crippen molar-refractivity contribution in [2.45, 2.75) is 13.5 Å². The first-order valence-corrected chi connectivity index (χ1v) is 7.66. The molecule has 2 aromatic carbocycles. The third-order valence-electron chi connectivity index (χ3n) is 3.71. The van der Waals surface area contributed by atoms with E-state index in [0.717, 1.165) is 5.56 Å². The lowest BCUT2D eigenvalue weighted by Gasteiger charge is -2.09. The molecule has 0 atom stereocenters. The van der Waals surface area contributed by atoms with E-state index in [1.54, 1.807) is 42.7 Å². The normalized spacial score (nSPS) is 10.4. The van der Waals surface area contributed by atoms with Crippen LogP contribution in [0.3, 0.4) is 0 Å². The van der Waals surface area contributed by atoms with Crippen molar-refractivity contribution < 1.29 is 9.72 Å². The number of para-hydroxylation sites is 1. The van der Waals surface area contributed by atoms with Crippen molar-refractivity contribution in [3.63, 3.8) is 0 Å². The van der Waals surface area contributed by atoms with Gasteiger partial charge < -0.3 is 9.88 Å². The zero-order chi connectivity index (χ0) is 17.8. The van der Waals surface area contributed by atoms with E-state index >= 15 is 0 Å². The van der Waals surface area contributed by atoms with Crippen LogP contribution in [0.4, 0.5) is 11.4 Å². The van der Waals surface area contributed by atoms with E-state index in [1.807, 2.05) is 16.7 Å². The Hall–Kier alpha value is -3.48. The Morgan fingerprint density at radius 2 is 1.92 bits per heavy atom. The minimum absolute atomic E-state index is 0.0863. The van der Waals surface area contributed by atoms with Crippen LogP contribution >= 0.6 is 0 Å². The Bertz CT molecular complexity index is 916. The van der Waals surface area contributed by atoms with E-state index in [1.165, 1.54) is 13.0 Å². The number of nitrogens with zero attached hydrogens (tertiary/aromatic N) is 3. The lowest BCUT2D eigenvalue weighted by atomic mass is 10.1. The third kappa shape index (κ3) is 3.72. The number of nitrogens with one attached hydrogen (secondary N) is 1. The van der Waals surface area contributed by atoms with Crippen molar-refractivity contribution >= 4 is 17.3 Å². The zero-order valence-electron chi connectivity index (χ0n) is 13.5. The average Bonchev–Trinajstić information content (AvgIpc) is 3.03. The van der Waals surface area contributed by atoms with Crippen molar-refractivity contribution in [1.82, 2.24) is 9.55 Å². The van der Waals surface area contributed by atoms with Crippen LogP contribution in [0.1, 0.15) is 12.5 Å². The molecule has 3 rings (SSSR count). The van der Waals surface area contributed by atoms with Gasteiger partial charge in [-0.1, -0.05) is 18.2 Å². The predicted molar refractivity (Wildman–Crippen MR) is 94.2 cm³/mol. The number of aromatic nitrogens is 2. The molecule has 3 aromatic rings. The second-order valence-electron chi connectivity index (χ2n) is 5.52. The molecule has 7 heteroatoms. The topological polar surface area (TPSA) is 90.1 Å². The van der Waals surface area contributed by atoms with Gasteiger partial charge in [-0.05, 0) is 24.3 Å². The minimum atomic E-state index is -0.381. The maximum atomic E-state index is 11.2. The van der Waals surface area contributed by atoms with Gasteiger partial charge in [0, 0.05) is 42.2 Å². The van der Waals surface area contributed by atoms with E-state index in [-0.39, 0.29) is 16.5 Å².